The lowest BCUT2D eigenvalue weighted by atomic mass is 10.1. The van der Waals surface area contributed by atoms with E-state index in [4.69, 9.17) is 0 Å². The van der Waals surface area contributed by atoms with Crippen LogP contribution in [0.2, 0.25) is 0 Å². The molecule has 112 valence electrons. The summed E-state index contributed by atoms with van der Waals surface area (Å²) in [5, 5.41) is 2.86. The van der Waals surface area contributed by atoms with E-state index in [1.807, 2.05) is 20.8 Å². The number of nitrogens with one attached hydrogen (secondary N) is 1. The molecule has 0 radical (unpaired) electrons. The average molecular weight is 298 g/mol. The van der Waals surface area contributed by atoms with Crippen LogP contribution in [0.4, 0.5) is 0 Å². The van der Waals surface area contributed by atoms with Gasteiger partial charge in [0.2, 0.25) is 10.0 Å². The smallest absolute Gasteiger partial charge is 0.251 e. The first-order chi connectivity index (χ1) is 9.16. The number of carbonyl (C=O) groups excluding carboxylic acids is 1. The predicted octanol–water partition coefficient (Wildman–Crippen LogP) is 1.71. The lowest BCUT2D eigenvalue weighted by molar-refractivity contribution is 0.0930. The molecule has 6 heteroatoms. The van der Waals surface area contributed by atoms with Crippen LogP contribution in [0.5, 0.6) is 0 Å². The summed E-state index contributed by atoms with van der Waals surface area (Å²) >= 11 is 0. The van der Waals surface area contributed by atoms with E-state index in [1.54, 1.807) is 12.1 Å². The minimum Gasteiger partial charge on any atom is -0.349 e. The van der Waals surface area contributed by atoms with Crippen LogP contribution in [0, 0.1) is 5.92 Å². The Bertz CT molecular complexity index is 580. The van der Waals surface area contributed by atoms with E-state index in [0.29, 0.717) is 11.5 Å². The van der Waals surface area contributed by atoms with E-state index in [0.717, 1.165) is 4.31 Å². The normalized spacial score (nSPS) is 13.6. The maximum absolute atomic E-state index is 12.1. The van der Waals surface area contributed by atoms with Crippen LogP contribution in [0.25, 0.3) is 0 Å². The Morgan fingerprint density at radius 3 is 2.30 bits per heavy atom. The van der Waals surface area contributed by atoms with E-state index >= 15 is 0 Å². The first-order valence-corrected chi connectivity index (χ1v) is 7.93. The standard InChI is InChI=1S/C14H22N2O3S/c1-10(2)11(3)15-14(17)12-7-6-8-13(9-12)20(18,19)16(4)5/h6-11H,1-5H3,(H,15,17)/t11-/m0/s1. The Morgan fingerprint density at radius 2 is 1.80 bits per heavy atom. The molecular formula is C14H22N2O3S. The number of nitrogens with zero attached hydrogens (tertiary/aromatic N) is 1. The Balaban J connectivity index is 3.03. The van der Waals surface area contributed by atoms with E-state index in [2.05, 4.69) is 5.32 Å². The monoisotopic (exact) mass is 298 g/mol. The zero-order valence-electron chi connectivity index (χ0n) is 12.5. The molecule has 1 rings (SSSR count). The van der Waals surface area contributed by atoms with Crippen LogP contribution in [-0.4, -0.2) is 38.8 Å². The fourth-order valence-electron chi connectivity index (χ4n) is 1.47. The van der Waals surface area contributed by atoms with Crippen LogP contribution in [0.15, 0.2) is 29.2 Å². The second-order valence-corrected chi connectivity index (χ2v) is 7.47. The number of sulfonamides is 1. The minimum atomic E-state index is -3.52. The van der Waals surface area contributed by atoms with Crippen molar-refractivity contribution >= 4 is 15.9 Å². The minimum absolute atomic E-state index is 0.0246. The number of hydrogen-bond donors (Lipinski definition) is 1. The van der Waals surface area contributed by atoms with Gasteiger partial charge < -0.3 is 5.32 Å². The van der Waals surface area contributed by atoms with E-state index in [-0.39, 0.29) is 16.8 Å². The zero-order chi connectivity index (χ0) is 15.5. The third-order valence-corrected chi connectivity index (χ3v) is 5.04. The molecule has 0 aromatic heterocycles. The summed E-state index contributed by atoms with van der Waals surface area (Å²) in [7, 11) is -0.602. The van der Waals surface area contributed by atoms with Gasteiger partial charge in [-0.15, -0.1) is 0 Å². The maximum Gasteiger partial charge on any atom is 0.251 e. The summed E-state index contributed by atoms with van der Waals surface area (Å²) in [5.74, 6) is 0.0506. The third-order valence-electron chi connectivity index (χ3n) is 3.23. The Hall–Kier alpha value is -1.40. The van der Waals surface area contributed by atoms with Gasteiger partial charge in [-0.05, 0) is 31.0 Å². The van der Waals surface area contributed by atoms with Crippen molar-refractivity contribution in [3.8, 4) is 0 Å². The van der Waals surface area contributed by atoms with Crippen molar-refractivity contribution in [3.05, 3.63) is 29.8 Å². The molecule has 0 saturated heterocycles. The molecule has 20 heavy (non-hydrogen) atoms. The molecule has 5 nitrogen and oxygen atoms in total. The number of amides is 1. The molecule has 0 aliphatic heterocycles. The van der Waals surface area contributed by atoms with Crippen molar-refractivity contribution in [2.24, 2.45) is 5.92 Å². The molecule has 1 amide bonds. The second kappa shape index (κ2) is 6.37. The second-order valence-electron chi connectivity index (χ2n) is 5.32. The molecule has 1 N–H and O–H groups in total. The van der Waals surface area contributed by atoms with Gasteiger partial charge in [0.15, 0.2) is 0 Å². The summed E-state index contributed by atoms with van der Waals surface area (Å²) in [4.78, 5) is 12.2. The molecule has 0 spiro atoms. The van der Waals surface area contributed by atoms with Gasteiger partial charge >= 0.3 is 0 Å². The lowest BCUT2D eigenvalue weighted by Crippen LogP contribution is -2.36. The van der Waals surface area contributed by atoms with E-state index in [9.17, 15) is 13.2 Å². The fourth-order valence-corrected chi connectivity index (χ4v) is 2.41. The summed E-state index contributed by atoms with van der Waals surface area (Å²) in [5.41, 5.74) is 0.348. The van der Waals surface area contributed by atoms with E-state index < -0.39 is 10.0 Å². The van der Waals surface area contributed by atoms with Crippen molar-refractivity contribution in [1.29, 1.82) is 0 Å². The Labute approximate surface area is 121 Å². The van der Waals surface area contributed by atoms with Crippen molar-refractivity contribution in [2.45, 2.75) is 31.7 Å². The Kier molecular flexibility index (Phi) is 5.30. The zero-order valence-corrected chi connectivity index (χ0v) is 13.4. The molecule has 0 aliphatic carbocycles. The van der Waals surface area contributed by atoms with Crippen molar-refractivity contribution in [1.82, 2.24) is 9.62 Å². The highest BCUT2D eigenvalue weighted by atomic mass is 32.2. The molecule has 1 atom stereocenters. The van der Waals surface area contributed by atoms with Gasteiger partial charge in [-0.2, -0.15) is 0 Å². The van der Waals surface area contributed by atoms with Crippen molar-refractivity contribution in [2.75, 3.05) is 14.1 Å². The molecular weight excluding hydrogens is 276 g/mol. The van der Waals surface area contributed by atoms with Gasteiger partial charge in [-0.25, -0.2) is 12.7 Å². The molecule has 0 saturated carbocycles. The van der Waals surface area contributed by atoms with Crippen molar-refractivity contribution in [3.63, 3.8) is 0 Å². The number of rotatable bonds is 5. The molecule has 1 aromatic rings. The number of carbonyl (C=O) groups is 1. The first-order valence-electron chi connectivity index (χ1n) is 6.49. The van der Waals surface area contributed by atoms with Gasteiger partial charge in [0.25, 0.3) is 5.91 Å². The summed E-state index contributed by atoms with van der Waals surface area (Å²) < 4.78 is 25.2. The van der Waals surface area contributed by atoms with Gasteiger partial charge in [-0.1, -0.05) is 19.9 Å². The summed E-state index contributed by atoms with van der Waals surface area (Å²) in [6, 6.07) is 6.09. The quantitative estimate of drug-likeness (QED) is 0.900. The topological polar surface area (TPSA) is 66.5 Å². The van der Waals surface area contributed by atoms with E-state index in [1.165, 1.54) is 26.2 Å². The summed E-state index contributed by atoms with van der Waals surface area (Å²) in [6.07, 6.45) is 0. The number of hydrogen-bond acceptors (Lipinski definition) is 3. The largest absolute Gasteiger partial charge is 0.349 e. The molecule has 0 heterocycles. The molecule has 1 aromatic carbocycles. The summed E-state index contributed by atoms with van der Waals surface area (Å²) in [6.45, 7) is 5.94. The first kappa shape index (κ1) is 16.7. The maximum atomic E-state index is 12.1. The van der Waals surface area contributed by atoms with Gasteiger partial charge in [-0.3, -0.25) is 4.79 Å². The predicted molar refractivity (Wildman–Crippen MR) is 79.1 cm³/mol. The Morgan fingerprint density at radius 1 is 1.20 bits per heavy atom. The van der Waals surface area contributed by atoms with Gasteiger partial charge in [0.05, 0.1) is 4.90 Å². The molecule has 0 bridgehead atoms. The number of benzene rings is 1. The highest BCUT2D eigenvalue weighted by Crippen LogP contribution is 2.15. The molecule has 0 unspecified atom stereocenters. The SMILES string of the molecule is CC(C)[C@H](C)NC(=O)c1cccc(S(=O)(=O)N(C)C)c1. The van der Waals surface area contributed by atoms with Gasteiger partial charge in [0, 0.05) is 25.7 Å². The van der Waals surface area contributed by atoms with Crippen LogP contribution in [-0.2, 0) is 10.0 Å². The van der Waals surface area contributed by atoms with Crippen molar-refractivity contribution < 1.29 is 13.2 Å². The van der Waals surface area contributed by atoms with Gasteiger partial charge in [0.1, 0.15) is 0 Å². The van der Waals surface area contributed by atoms with Crippen LogP contribution < -0.4 is 5.32 Å². The highest BCUT2D eigenvalue weighted by Gasteiger charge is 2.19. The lowest BCUT2D eigenvalue weighted by Gasteiger charge is -2.18. The highest BCUT2D eigenvalue weighted by molar-refractivity contribution is 7.89. The van der Waals surface area contributed by atoms with Crippen LogP contribution >= 0.6 is 0 Å². The average Bonchev–Trinajstić information content (AvgIpc) is 2.38. The molecule has 0 aliphatic rings. The van der Waals surface area contributed by atoms with Crippen LogP contribution in [0.1, 0.15) is 31.1 Å². The molecule has 0 fully saturated rings. The van der Waals surface area contributed by atoms with Crippen LogP contribution in [0.3, 0.4) is 0 Å². The third kappa shape index (κ3) is 3.80. The fraction of sp³-hybridized carbons (Fsp3) is 0.500.